The van der Waals surface area contributed by atoms with Gasteiger partial charge in [0.1, 0.15) is 0 Å². The number of hydrogen-bond donors (Lipinski definition) is 1. The first-order valence-corrected chi connectivity index (χ1v) is 6.48. The molecule has 2 rings (SSSR count). The molecule has 0 saturated heterocycles. The summed E-state index contributed by atoms with van der Waals surface area (Å²) in [5.41, 5.74) is 4.84. The lowest BCUT2D eigenvalue weighted by molar-refractivity contribution is 0.688. The molecule has 1 heterocycles. The number of nitrogens with one attached hydrogen (secondary N) is 1. The van der Waals surface area contributed by atoms with Crippen LogP contribution in [-0.4, -0.2) is 26.1 Å². The fraction of sp³-hybridized carbons (Fsp3) is 0.312. The van der Waals surface area contributed by atoms with Crippen LogP contribution in [0.15, 0.2) is 42.7 Å². The molecule has 3 nitrogen and oxygen atoms in total. The van der Waals surface area contributed by atoms with E-state index in [1.165, 1.54) is 22.4 Å². The monoisotopic (exact) mass is 255 g/mol. The van der Waals surface area contributed by atoms with Crippen LogP contribution in [0.5, 0.6) is 0 Å². The second-order valence-electron chi connectivity index (χ2n) is 5.00. The lowest BCUT2D eigenvalue weighted by Crippen LogP contribution is -2.18. The second kappa shape index (κ2) is 5.85. The van der Waals surface area contributed by atoms with Crippen molar-refractivity contribution in [2.24, 2.45) is 0 Å². The summed E-state index contributed by atoms with van der Waals surface area (Å²) in [5.74, 6) is 0. The Labute approximate surface area is 115 Å². The van der Waals surface area contributed by atoms with Crippen LogP contribution in [0.2, 0.25) is 0 Å². The summed E-state index contributed by atoms with van der Waals surface area (Å²) < 4.78 is 0. The molecule has 0 amide bonds. The Morgan fingerprint density at radius 2 is 1.74 bits per heavy atom. The first kappa shape index (κ1) is 13.6. The molecule has 2 aromatic rings. The normalized spacial score (nSPS) is 12.2. The maximum atomic E-state index is 4.28. The standard InChI is InChI=1S/C16H21N3/c1-12-9-14(11-18-10-12)16(17-2)13-5-7-15(8-6-13)19(3)4/h5-11,16-17H,1-4H3. The van der Waals surface area contributed by atoms with Gasteiger partial charge in [-0.25, -0.2) is 0 Å². The molecule has 1 N–H and O–H groups in total. The predicted octanol–water partition coefficient (Wildman–Crippen LogP) is 2.76. The summed E-state index contributed by atoms with van der Waals surface area (Å²) in [4.78, 5) is 6.38. The minimum atomic E-state index is 0.184. The van der Waals surface area contributed by atoms with Crippen LogP contribution in [0, 0.1) is 6.92 Å². The highest BCUT2D eigenvalue weighted by atomic mass is 15.1. The minimum Gasteiger partial charge on any atom is -0.378 e. The topological polar surface area (TPSA) is 28.2 Å². The van der Waals surface area contributed by atoms with Crippen LogP contribution in [0.1, 0.15) is 22.7 Å². The van der Waals surface area contributed by atoms with Gasteiger partial charge < -0.3 is 10.2 Å². The Morgan fingerprint density at radius 3 is 2.26 bits per heavy atom. The van der Waals surface area contributed by atoms with Crippen LogP contribution in [-0.2, 0) is 0 Å². The van der Waals surface area contributed by atoms with Crippen molar-refractivity contribution >= 4 is 5.69 Å². The zero-order chi connectivity index (χ0) is 13.8. The van der Waals surface area contributed by atoms with Gasteiger partial charge >= 0.3 is 0 Å². The summed E-state index contributed by atoms with van der Waals surface area (Å²) in [6.45, 7) is 2.07. The van der Waals surface area contributed by atoms with Crippen molar-refractivity contribution in [3.05, 3.63) is 59.4 Å². The third kappa shape index (κ3) is 3.12. The van der Waals surface area contributed by atoms with E-state index in [1.807, 2.05) is 19.4 Å². The van der Waals surface area contributed by atoms with Gasteiger partial charge in [-0.3, -0.25) is 4.98 Å². The first-order valence-electron chi connectivity index (χ1n) is 6.48. The molecule has 1 atom stereocenters. The van der Waals surface area contributed by atoms with Crippen LogP contribution < -0.4 is 10.2 Å². The zero-order valence-electron chi connectivity index (χ0n) is 12.0. The number of aryl methyl sites for hydroxylation is 1. The van der Waals surface area contributed by atoms with Gasteiger partial charge in [0.15, 0.2) is 0 Å². The number of pyridine rings is 1. The molecule has 1 aromatic carbocycles. The van der Waals surface area contributed by atoms with E-state index in [2.05, 4.69) is 66.6 Å². The quantitative estimate of drug-likeness (QED) is 0.910. The third-order valence-corrected chi connectivity index (χ3v) is 3.26. The van der Waals surface area contributed by atoms with Crippen LogP contribution in [0.3, 0.4) is 0 Å². The molecule has 0 aliphatic carbocycles. The van der Waals surface area contributed by atoms with Crippen molar-refractivity contribution in [1.29, 1.82) is 0 Å². The molecule has 0 aliphatic heterocycles. The Morgan fingerprint density at radius 1 is 1.05 bits per heavy atom. The highest BCUT2D eigenvalue weighted by molar-refractivity contribution is 5.47. The number of hydrogen-bond acceptors (Lipinski definition) is 3. The van der Waals surface area contributed by atoms with Gasteiger partial charge in [0.25, 0.3) is 0 Å². The van der Waals surface area contributed by atoms with E-state index in [1.54, 1.807) is 0 Å². The summed E-state index contributed by atoms with van der Waals surface area (Å²) in [6, 6.07) is 11.0. The average Bonchev–Trinajstić information content (AvgIpc) is 2.40. The van der Waals surface area contributed by atoms with E-state index in [9.17, 15) is 0 Å². The summed E-state index contributed by atoms with van der Waals surface area (Å²) in [6.07, 6.45) is 3.80. The summed E-state index contributed by atoms with van der Waals surface area (Å²) >= 11 is 0. The number of anilines is 1. The molecule has 0 radical (unpaired) electrons. The highest BCUT2D eigenvalue weighted by Crippen LogP contribution is 2.23. The van der Waals surface area contributed by atoms with E-state index in [-0.39, 0.29) is 6.04 Å². The molecule has 1 aromatic heterocycles. The minimum absolute atomic E-state index is 0.184. The third-order valence-electron chi connectivity index (χ3n) is 3.26. The maximum Gasteiger partial charge on any atom is 0.0589 e. The molecule has 3 heteroatoms. The Kier molecular flexibility index (Phi) is 4.17. The highest BCUT2D eigenvalue weighted by Gasteiger charge is 2.12. The molecule has 0 fully saturated rings. The molecule has 1 unspecified atom stereocenters. The molecular weight excluding hydrogens is 234 g/mol. The molecule has 0 saturated carbocycles. The van der Waals surface area contributed by atoms with Crippen molar-refractivity contribution in [2.75, 3.05) is 26.0 Å². The second-order valence-corrected chi connectivity index (χ2v) is 5.00. The van der Waals surface area contributed by atoms with E-state index < -0.39 is 0 Å². The van der Waals surface area contributed by atoms with Crippen molar-refractivity contribution in [1.82, 2.24) is 10.3 Å². The van der Waals surface area contributed by atoms with Crippen LogP contribution in [0.4, 0.5) is 5.69 Å². The van der Waals surface area contributed by atoms with Crippen molar-refractivity contribution in [2.45, 2.75) is 13.0 Å². The smallest absolute Gasteiger partial charge is 0.0589 e. The van der Waals surface area contributed by atoms with Crippen molar-refractivity contribution < 1.29 is 0 Å². The summed E-state index contributed by atoms with van der Waals surface area (Å²) in [7, 11) is 6.08. The van der Waals surface area contributed by atoms with Gasteiger partial charge in [-0.2, -0.15) is 0 Å². The Bertz CT molecular complexity index is 532. The van der Waals surface area contributed by atoms with Crippen LogP contribution in [0.25, 0.3) is 0 Å². The Hall–Kier alpha value is -1.87. The molecule has 0 aliphatic rings. The predicted molar refractivity (Wildman–Crippen MR) is 80.6 cm³/mol. The fourth-order valence-electron chi connectivity index (χ4n) is 2.23. The fourth-order valence-corrected chi connectivity index (χ4v) is 2.23. The molecule has 19 heavy (non-hydrogen) atoms. The lowest BCUT2D eigenvalue weighted by atomic mass is 9.99. The van der Waals surface area contributed by atoms with Crippen LogP contribution >= 0.6 is 0 Å². The van der Waals surface area contributed by atoms with Gasteiger partial charge in [0.05, 0.1) is 6.04 Å². The van der Waals surface area contributed by atoms with E-state index in [4.69, 9.17) is 0 Å². The SMILES string of the molecule is CNC(c1ccc(N(C)C)cc1)c1cncc(C)c1. The van der Waals surface area contributed by atoms with Gasteiger partial charge in [0.2, 0.25) is 0 Å². The van der Waals surface area contributed by atoms with Gasteiger partial charge in [0, 0.05) is 32.2 Å². The number of aromatic nitrogens is 1. The zero-order valence-corrected chi connectivity index (χ0v) is 12.0. The summed E-state index contributed by atoms with van der Waals surface area (Å²) in [5, 5.41) is 3.36. The molecule has 0 bridgehead atoms. The van der Waals surface area contributed by atoms with Crippen molar-refractivity contribution in [3.63, 3.8) is 0 Å². The van der Waals surface area contributed by atoms with E-state index in [0.717, 1.165) is 0 Å². The first-order chi connectivity index (χ1) is 9.11. The molecule has 100 valence electrons. The largest absolute Gasteiger partial charge is 0.378 e. The van der Waals surface area contributed by atoms with Crippen molar-refractivity contribution in [3.8, 4) is 0 Å². The lowest BCUT2D eigenvalue weighted by Gasteiger charge is -2.19. The van der Waals surface area contributed by atoms with Gasteiger partial charge in [-0.15, -0.1) is 0 Å². The average molecular weight is 255 g/mol. The molecule has 0 spiro atoms. The number of benzene rings is 1. The number of nitrogens with zero attached hydrogens (tertiary/aromatic N) is 2. The van der Waals surface area contributed by atoms with E-state index in [0.29, 0.717) is 0 Å². The van der Waals surface area contributed by atoms with Gasteiger partial charge in [-0.05, 0) is 42.8 Å². The Balaban J connectivity index is 2.31. The number of rotatable bonds is 4. The molecular formula is C16H21N3. The van der Waals surface area contributed by atoms with Gasteiger partial charge in [-0.1, -0.05) is 18.2 Å². The maximum absolute atomic E-state index is 4.28. The van der Waals surface area contributed by atoms with E-state index >= 15 is 0 Å².